The van der Waals surface area contributed by atoms with Crippen LogP contribution in [0.1, 0.15) is 42.6 Å². The molecule has 2 aromatic carbocycles. The van der Waals surface area contributed by atoms with E-state index in [0.29, 0.717) is 16.9 Å². The van der Waals surface area contributed by atoms with Crippen molar-refractivity contribution in [3.8, 4) is 0 Å². The monoisotopic (exact) mass is 450 g/mol. The van der Waals surface area contributed by atoms with Gasteiger partial charge < -0.3 is 10.0 Å². The maximum atomic E-state index is 11.1. The molecule has 2 aromatic rings. The molecule has 0 radical (unpaired) electrons. The Morgan fingerprint density at radius 3 is 2.28 bits per heavy atom. The van der Waals surface area contributed by atoms with Crippen LogP contribution in [0.15, 0.2) is 54.1 Å². The summed E-state index contributed by atoms with van der Waals surface area (Å²) in [4.78, 5) is 16.0. The summed E-state index contributed by atoms with van der Waals surface area (Å²) < 4.78 is 0. The summed E-state index contributed by atoms with van der Waals surface area (Å²) in [6.45, 7) is 9.91. The lowest BCUT2D eigenvalue weighted by Gasteiger charge is -2.58. The van der Waals surface area contributed by atoms with Gasteiger partial charge in [0.05, 0.1) is 5.56 Å². The van der Waals surface area contributed by atoms with Crippen molar-refractivity contribution in [3.63, 3.8) is 0 Å². The number of halogens is 1. The molecule has 0 amide bonds. The molecule has 5 heteroatoms. The van der Waals surface area contributed by atoms with Crippen LogP contribution >= 0.6 is 11.6 Å². The largest absolute Gasteiger partial charge is 0.478 e. The fraction of sp³-hybridized carbons (Fsp3) is 0.444. The van der Waals surface area contributed by atoms with Crippen molar-refractivity contribution in [2.75, 3.05) is 37.6 Å². The van der Waals surface area contributed by atoms with Gasteiger partial charge in [0, 0.05) is 43.4 Å². The first-order chi connectivity index (χ1) is 15.3. The number of piperazine rings is 1. The average Bonchev–Trinajstić information content (AvgIpc) is 2.80. The van der Waals surface area contributed by atoms with Gasteiger partial charge in [0.2, 0.25) is 0 Å². The first kappa shape index (κ1) is 21.5. The lowest BCUT2D eigenvalue weighted by Crippen LogP contribution is -2.51. The highest BCUT2D eigenvalue weighted by Gasteiger charge is 2.53. The van der Waals surface area contributed by atoms with Gasteiger partial charge in [0.1, 0.15) is 0 Å². The van der Waals surface area contributed by atoms with Crippen molar-refractivity contribution in [2.24, 2.45) is 17.3 Å². The third-order valence-electron chi connectivity index (χ3n) is 8.11. The van der Waals surface area contributed by atoms with Crippen LogP contribution in [0.5, 0.6) is 0 Å². The molecular formula is C27H31ClN2O2. The topological polar surface area (TPSA) is 43.8 Å². The van der Waals surface area contributed by atoms with Crippen LogP contribution in [0.25, 0.3) is 5.57 Å². The number of rotatable bonds is 5. The lowest BCUT2D eigenvalue weighted by atomic mass is 9.46. The lowest BCUT2D eigenvalue weighted by molar-refractivity contribution is 0.00556. The summed E-state index contributed by atoms with van der Waals surface area (Å²) in [5.74, 6) is 0.568. The summed E-state index contributed by atoms with van der Waals surface area (Å²) in [6.07, 6.45) is 2.52. The minimum Gasteiger partial charge on any atom is -0.478 e. The summed E-state index contributed by atoms with van der Waals surface area (Å²) >= 11 is 6.18. The Bertz CT molecular complexity index is 1030. The molecule has 2 unspecified atom stereocenters. The van der Waals surface area contributed by atoms with Crippen LogP contribution in [0.2, 0.25) is 5.02 Å². The second-order valence-corrected chi connectivity index (χ2v) is 10.6. The van der Waals surface area contributed by atoms with E-state index < -0.39 is 5.97 Å². The van der Waals surface area contributed by atoms with E-state index in [4.69, 9.17) is 16.7 Å². The Morgan fingerprint density at radius 1 is 1.03 bits per heavy atom. The number of carbonyl (C=O) groups is 1. The van der Waals surface area contributed by atoms with E-state index in [1.54, 1.807) is 23.3 Å². The smallest absolute Gasteiger partial charge is 0.335 e. The minimum absolute atomic E-state index is 0.341. The number of hydrogen-bond acceptors (Lipinski definition) is 3. The van der Waals surface area contributed by atoms with Gasteiger partial charge in [-0.25, -0.2) is 4.79 Å². The van der Waals surface area contributed by atoms with Crippen LogP contribution in [-0.2, 0) is 0 Å². The third kappa shape index (κ3) is 3.84. The van der Waals surface area contributed by atoms with Crippen LogP contribution in [-0.4, -0.2) is 48.7 Å². The van der Waals surface area contributed by atoms with Gasteiger partial charge in [-0.05, 0) is 77.6 Å². The maximum absolute atomic E-state index is 11.1. The zero-order chi connectivity index (χ0) is 22.5. The second-order valence-electron chi connectivity index (χ2n) is 10.2. The van der Waals surface area contributed by atoms with E-state index >= 15 is 0 Å². The molecule has 1 saturated carbocycles. The van der Waals surface area contributed by atoms with Crippen molar-refractivity contribution in [2.45, 2.75) is 26.7 Å². The zero-order valence-corrected chi connectivity index (χ0v) is 19.6. The molecular weight excluding hydrogens is 420 g/mol. The van der Waals surface area contributed by atoms with E-state index in [-0.39, 0.29) is 0 Å². The number of aromatic carboxylic acids is 1. The van der Waals surface area contributed by atoms with E-state index in [2.05, 4.69) is 35.8 Å². The molecule has 1 N–H and O–H groups in total. The van der Waals surface area contributed by atoms with Crippen LogP contribution in [0, 0.1) is 17.3 Å². The predicted molar refractivity (Wildman–Crippen MR) is 130 cm³/mol. The summed E-state index contributed by atoms with van der Waals surface area (Å²) in [5.41, 5.74) is 6.37. The molecule has 0 spiro atoms. The number of carboxylic acids is 1. The molecule has 6 rings (SSSR count). The van der Waals surface area contributed by atoms with Crippen molar-refractivity contribution >= 4 is 28.8 Å². The highest BCUT2D eigenvalue weighted by Crippen LogP contribution is 2.63. The molecule has 32 heavy (non-hydrogen) atoms. The molecule has 3 aliphatic carbocycles. The molecule has 168 valence electrons. The Labute approximate surface area is 195 Å². The van der Waals surface area contributed by atoms with Crippen molar-refractivity contribution < 1.29 is 9.90 Å². The van der Waals surface area contributed by atoms with Crippen molar-refractivity contribution in [1.82, 2.24) is 4.90 Å². The van der Waals surface area contributed by atoms with Gasteiger partial charge in [-0.15, -0.1) is 0 Å². The molecule has 2 bridgehead atoms. The van der Waals surface area contributed by atoms with Gasteiger partial charge in [-0.1, -0.05) is 43.2 Å². The highest BCUT2D eigenvalue weighted by molar-refractivity contribution is 6.30. The van der Waals surface area contributed by atoms with Crippen LogP contribution < -0.4 is 4.90 Å². The van der Waals surface area contributed by atoms with Gasteiger partial charge in [-0.3, -0.25) is 4.90 Å². The zero-order valence-electron chi connectivity index (χ0n) is 18.9. The fourth-order valence-electron chi connectivity index (χ4n) is 5.94. The highest BCUT2D eigenvalue weighted by atomic mass is 35.5. The minimum atomic E-state index is -0.875. The first-order valence-corrected chi connectivity index (χ1v) is 12.0. The number of anilines is 1. The Morgan fingerprint density at radius 2 is 1.69 bits per heavy atom. The molecule has 1 heterocycles. The molecule has 4 aliphatic rings. The number of fused-ring (bicyclic) bond motifs is 1. The van der Waals surface area contributed by atoms with E-state index in [1.807, 2.05) is 24.3 Å². The SMILES string of the molecule is CC1(C)C2CC(CN3CCN(c4ccc(C(=O)O)cc4)CC3)=C(c3ccc(Cl)cc3)C1C2. The number of allylic oxidation sites excluding steroid dienone is 1. The molecule has 4 nitrogen and oxygen atoms in total. The normalized spacial score (nSPS) is 24.9. The second kappa shape index (κ2) is 8.24. The molecule has 2 fully saturated rings. The van der Waals surface area contributed by atoms with Crippen LogP contribution in [0.3, 0.4) is 0 Å². The number of nitrogens with zero attached hydrogens (tertiary/aromatic N) is 2. The quantitative estimate of drug-likeness (QED) is 0.636. The number of benzene rings is 2. The van der Waals surface area contributed by atoms with Crippen LogP contribution in [0.4, 0.5) is 5.69 Å². The standard InChI is InChI=1S/C27H31ClN2O2/c1-27(2)21-15-20(25(24(27)16-21)18-3-7-22(28)8-4-18)17-29-11-13-30(14-12-29)23-9-5-19(6-10-23)26(31)32/h3-10,21,24H,11-17H2,1-2H3,(H,31,32). The number of hydrogen-bond donors (Lipinski definition) is 1. The maximum Gasteiger partial charge on any atom is 0.335 e. The summed E-state index contributed by atoms with van der Waals surface area (Å²) in [5, 5.41) is 9.91. The Hall–Kier alpha value is -2.30. The van der Waals surface area contributed by atoms with Gasteiger partial charge in [-0.2, -0.15) is 0 Å². The Balaban J connectivity index is 1.30. The molecule has 1 saturated heterocycles. The summed E-state index contributed by atoms with van der Waals surface area (Å²) in [6, 6.07) is 15.7. The van der Waals surface area contributed by atoms with E-state index in [1.165, 1.54) is 18.4 Å². The van der Waals surface area contributed by atoms with Gasteiger partial charge in [0.15, 0.2) is 0 Å². The third-order valence-corrected chi connectivity index (χ3v) is 8.37. The van der Waals surface area contributed by atoms with E-state index in [0.717, 1.165) is 49.4 Å². The number of carboxylic acid groups (broad SMARTS) is 1. The molecule has 0 aromatic heterocycles. The summed E-state index contributed by atoms with van der Waals surface area (Å²) in [7, 11) is 0. The van der Waals surface area contributed by atoms with E-state index in [9.17, 15) is 4.79 Å². The predicted octanol–water partition coefficient (Wildman–Crippen LogP) is 5.68. The molecule has 2 atom stereocenters. The average molecular weight is 451 g/mol. The van der Waals surface area contributed by atoms with Crippen molar-refractivity contribution in [3.05, 3.63) is 70.3 Å². The Kier molecular flexibility index (Phi) is 5.55. The van der Waals surface area contributed by atoms with Gasteiger partial charge >= 0.3 is 5.97 Å². The fourth-order valence-corrected chi connectivity index (χ4v) is 6.07. The molecule has 1 aliphatic heterocycles. The van der Waals surface area contributed by atoms with Gasteiger partial charge in [0.25, 0.3) is 0 Å². The van der Waals surface area contributed by atoms with Crippen molar-refractivity contribution in [1.29, 1.82) is 0 Å². The first-order valence-electron chi connectivity index (χ1n) is 11.6.